The molecule has 0 aliphatic rings. The molecule has 0 radical (unpaired) electrons. The summed E-state index contributed by atoms with van der Waals surface area (Å²) in [5.74, 6) is 0.971. The van der Waals surface area contributed by atoms with Crippen LogP contribution in [-0.4, -0.2) is 29.3 Å². The highest BCUT2D eigenvalue weighted by Crippen LogP contribution is 2.25. The minimum Gasteiger partial charge on any atom is -0.363 e. The molecule has 122 valence electrons. The van der Waals surface area contributed by atoms with Crippen LogP contribution in [0.3, 0.4) is 0 Å². The fraction of sp³-hybridized carbons (Fsp3) is 0.250. The Morgan fingerprint density at radius 1 is 1.17 bits per heavy atom. The molecule has 3 heterocycles. The zero-order chi connectivity index (χ0) is 15.4. The molecule has 23 heavy (non-hydrogen) atoms. The van der Waals surface area contributed by atoms with E-state index in [1.54, 1.807) is 11.3 Å². The second kappa shape index (κ2) is 8.10. The van der Waals surface area contributed by atoms with Crippen LogP contribution >= 0.6 is 23.7 Å². The molecule has 5 nitrogen and oxygen atoms in total. The van der Waals surface area contributed by atoms with Gasteiger partial charge in [-0.25, -0.2) is 4.98 Å². The average molecular weight is 350 g/mol. The van der Waals surface area contributed by atoms with Crippen LogP contribution < -0.4 is 10.2 Å². The van der Waals surface area contributed by atoms with Gasteiger partial charge < -0.3 is 10.2 Å². The standard InChI is InChI=1S/C16H19N5S.ClH/c1-21(2)15-6-5-12(9-18-15)8-17-10-13-11-19-20-16(13)14-4-3-7-22-14;/h3-7,9,11,17H,8,10H2,1-2H3,(H,19,20);1H. The summed E-state index contributed by atoms with van der Waals surface area (Å²) in [6.45, 7) is 1.56. The molecule has 0 saturated heterocycles. The van der Waals surface area contributed by atoms with E-state index in [2.05, 4.69) is 44.1 Å². The molecule has 0 fully saturated rings. The predicted molar refractivity (Wildman–Crippen MR) is 98.3 cm³/mol. The van der Waals surface area contributed by atoms with E-state index < -0.39 is 0 Å². The third kappa shape index (κ3) is 4.31. The third-order valence-electron chi connectivity index (χ3n) is 3.40. The maximum Gasteiger partial charge on any atom is 0.127 e. The molecule has 0 atom stereocenters. The Morgan fingerprint density at radius 3 is 2.70 bits per heavy atom. The van der Waals surface area contributed by atoms with Crippen molar-refractivity contribution in [2.75, 3.05) is 19.0 Å². The first kappa shape index (κ1) is 17.5. The lowest BCUT2D eigenvalue weighted by molar-refractivity contribution is 0.692. The molecule has 2 N–H and O–H groups in total. The first-order valence-electron chi connectivity index (χ1n) is 7.13. The van der Waals surface area contributed by atoms with Gasteiger partial charge in [0.2, 0.25) is 0 Å². The van der Waals surface area contributed by atoms with Gasteiger partial charge in [-0.15, -0.1) is 23.7 Å². The molecular formula is C16H20ClN5S. The van der Waals surface area contributed by atoms with Crippen LogP contribution in [0.4, 0.5) is 5.82 Å². The van der Waals surface area contributed by atoms with Crippen molar-refractivity contribution in [2.24, 2.45) is 0 Å². The van der Waals surface area contributed by atoms with Gasteiger partial charge in [0.25, 0.3) is 0 Å². The number of aromatic amines is 1. The quantitative estimate of drug-likeness (QED) is 0.716. The van der Waals surface area contributed by atoms with Crippen molar-refractivity contribution in [1.29, 1.82) is 0 Å². The normalized spacial score (nSPS) is 10.3. The molecule has 0 bridgehead atoms. The first-order valence-corrected chi connectivity index (χ1v) is 8.01. The van der Waals surface area contributed by atoms with Crippen molar-refractivity contribution in [3.63, 3.8) is 0 Å². The Labute approximate surface area is 146 Å². The van der Waals surface area contributed by atoms with E-state index in [-0.39, 0.29) is 12.4 Å². The van der Waals surface area contributed by atoms with E-state index >= 15 is 0 Å². The number of halogens is 1. The van der Waals surface area contributed by atoms with Crippen LogP contribution in [0.2, 0.25) is 0 Å². The first-order chi connectivity index (χ1) is 10.7. The maximum absolute atomic E-state index is 4.42. The Morgan fingerprint density at radius 2 is 2.04 bits per heavy atom. The highest BCUT2D eigenvalue weighted by atomic mass is 35.5. The molecule has 0 saturated carbocycles. The van der Waals surface area contributed by atoms with Crippen LogP contribution in [-0.2, 0) is 13.1 Å². The summed E-state index contributed by atoms with van der Waals surface area (Å²) in [6, 6.07) is 8.29. The van der Waals surface area contributed by atoms with Crippen molar-refractivity contribution in [3.8, 4) is 10.6 Å². The molecule has 0 aliphatic heterocycles. The zero-order valence-corrected chi connectivity index (χ0v) is 14.7. The summed E-state index contributed by atoms with van der Waals surface area (Å²) in [5, 5.41) is 12.8. The summed E-state index contributed by atoms with van der Waals surface area (Å²) in [4.78, 5) is 7.63. The number of nitrogens with zero attached hydrogens (tertiary/aromatic N) is 3. The van der Waals surface area contributed by atoms with E-state index in [0.29, 0.717) is 0 Å². The van der Waals surface area contributed by atoms with Gasteiger partial charge in [-0.2, -0.15) is 5.10 Å². The Balaban J connectivity index is 0.00000192. The molecule has 7 heteroatoms. The largest absolute Gasteiger partial charge is 0.363 e. The van der Waals surface area contributed by atoms with E-state index in [4.69, 9.17) is 0 Å². The van der Waals surface area contributed by atoms with Gasteiger partial charge in [-0.05, 0) is 23.1 Å². The summed E-state index contributed by atoms with van der Waals surface area (Å²) >= 11 is 1.72. The van der Waals surface area contributed by atoms with Gasteiger partial charge in [0.15, 0.2) is 0 Å². The SMILES string of the molecule is CN(C)c1ccc(CNCc2cn[nH]c2-c2cccs2)cn1.Cl. The lowest BCUT2D eigenvalue weighted by Gasteiger charge is -2.11. The molecule has 0 aliphatic carbocycles. The van der Waals surface area contributed by atoms with Crippen molar-refractivity contribution < 1.29 is 0 Å². The smallest absolute Gasteiger partial charge is 0.127 e. The number of aromatic nitrogens is 3. The number of anilines is 1. The van der Waals surface area contributed by atoms with Crippen LogP contribution in [0.15, 0.2) is 42.0 Å². The van der Waals surface area contributed by atoms with Gasteiger partial charge in [0.05, 0.1) is 16.8 Å². The summed E-state index contributed by atoms with van der Waals surface area (Å²) < 4.78 is 0. The van der Waals surface area contributed by atoms with Gasteiger partial charge in [-0.3, -0.25) is 5.10 Å². The number of thiophene rings is 1. The highest BCUT2D eigenvalue weighted by molar-refractivity contribution is 7.13. The molecular weight excluding hydrogens is 330 g/mol. The van der Waals surface area contributed by atoms with Crippen LogP contribution in [0.5, 0.6) is 0 Å². The predicted octanol–water partition coefficient (Wildman–Crippen LogP) is 3.31. The molecule has 0 aromatic carbocycles. The van der Waals surface area contributed by atoms with E-state index in [1.165, 1.54) is 16.0 Å². The van der Waals surface area contributed by atoms with E-state index in [0.717, 1.165) is 24.6 Å². The summed E-state index contributed by atoms with van der Waals surface area (Å²) in [5.41, 5.74) is 3.45. The van der Waals surface area contributed by atoms with Gasteiger partial charge in [-0.1, -0.05) is 12.1 Å². The number of hydrogen-bond acceptors (Lipinski definition) is 5. The number of pyridine rings is 1. The fourth-order valence-corrected chi connectivity index (χ4v) is 2.96. The number of hydrogen-bond donors (Lipinski definition) is 2. The topological polar surface area (TPSA) is 56.8 Å². The molecule has 0 spiro atoms. The van der Waals surface area contributed by atoms with Crippen molar-refractivity contribution in [1.82, 2.24) is 20.5 Å². The summed E-state index contributed by atoms with van der Waals surface area (Å²) in [7, 11) is 3.98. The number of rotatable bonds is 6. The van der Waals surface area contributed by atoms with E-state index in [1.807, 2.05) is 37.5 Å². The van der Waals surface area contributed by atoms with Gasteiger partial charge in [0.1, 0.15) is 5.82 Å². The van der Waals surface area contributed by atoms with E-state index in [9.17, 15) is 0 Å². The monoisotopic (exact) mass is 349 g/mol. The maximum atomic E-state index is 4.42. The Kier molecular flexibility index (Phi) is 6.15. The van der Waals surface area contributed by atoms with Gasteiger partial charge in [0, 0.05) is 38.9 Å². The van der Waals surface area contributed by atoms with Crippen LogP contribution in [0, 0.1) is 0 Å². The summed E-state index contributed by atoms with van der Waals surface area (Å²) in [6.07, 6.45) is 3.80. The van der Waals surface area contributed by atoms with Crippen molar-refractivity contribution in [2.45, 2.75) is 13.1 Å². The number of nitrogens with one attached hydrogen (secondary N) is 2. The molecule has 3 aromatic rings. The second-order valence-corrected chi connectivity index (χ2v) is 6.22. The van der Waals surface area contributed by atoms with Crippen molar-refractivity contribution in [3.05, 3.63) is 53.2 Å². The minimum absolute atomic E-state index is 0. The lowest BCUT2D eigenvalue weighted by atomic mass is 10.2. The molecule has 0 amide bonds. The minimum atomic E-state index is 0. The Hall–Kier alpha value is -1.89. The fourth-order valence-electron chi connectivity index (χ4n) is 2.21. The molecule has 3 rings (SSSR count). The van der Waals surface area contributed by atoms with Crippen molar-refractivity contribution >= 4 is 29.6 Å². The Bertz CT molecular complexity index is 706. The third-order valence-corrected chi connectivity index (χ3v) is 4.28. The number of H-pyrrole nitrogens is 1. The lowest BCUT2D eigenvalue weighted by Crippen LogP contribution is -2.14. The second-order valence-electron chi connectivity index (χ2n) is 5.27. The highest BCUT2D eigenvalue weighted by Gasteiger charge is 2.08. The zero-order valence-electron chi connectivity index (χ0n) is 13.1. The molecule has 0 unspecified atom stereocenters. The average Bonchev–Trinajstić information content (AvgIpc) is 3.18. The molecule has 3 aromatic heterocycles. The van der Waals surface area contributed by atoms with Gasteiger partial charge >= 0.3 is 0 Å². The van der Waals surface area contributed by atoms with Crippen LogP contribution in [0.1, 0.15) is 11.1 Å². The van der Waals surface area contributed by atoms with Crippen LogP contribution in [0.25, 0.3) is 10.6 Å².